The monoisotopic (exact) mass is 312 g/mol. The summed E-state index contributed by atoms with van der Waals surface area (Å²) in [5, 5.41) is 3.22. The number of likely N-dealkylation sites (tertiary alicyclic amines) is 1. The van der Waals surface area contributed by atoms with E-state index < -0.39 is 0 Å². The van der Waals surface area contributed by atoms with Crippen molar-refractivity contribution in [2.24, 2.45) is 5.92 Å². The third-order valence-corrected chi connectivity index (χ3v) is 6.29. The van der Waals surface area contributed by atoms with Crippen LogP contribution in [0.5, 0.6) is 0 Å². The molecule has 0 bridgehead atoms. The van der Waals surface area contributed by atoms with Gasteiger partial charge in [0.25, 0.3) is 0 Å². The molecule has 2 fully saturated rings. The third kappa shape index (κ3) is 2.80. The van der Waals surface area contributed by atoms with Gasteiger partial charge in [-0.25, -0.2) is 0 Å². The van der Waals surface area contributed by atoms with Gasteiger partial charge < -0.3 is 5.32 Å². The zero-order valence-corrected chi connectivity index (χ0v) is 14.0. The van der Waals surface area contributed by atoms with Gasteiger partial charge in [-0.1, -0.05) is 43.5 Å². The second-order valence-electron chi connectivity index (χ2n) is 7.71. The summed E-state index contributed by atoms with van der Waals surface area (Å²) >= 11 is 0. The SMILES string of the molecule is O=C1NCc2ccccc2CC12CCCN2CC1CCCCC1. The molecule has 3 heteroatoms. The summed E-state index contributed by atoms with van der Waals surface area (Å²) in [6, 6.07) is 8.57. The van der Waals surface area contributed by atoms with Crippen molar-refractivity contribution >= 4 is 5.91 Å². The maximum absolute atomic E-state index is 13.0. The average molecular weight is 312 g/mol. The second-order valence-corrected chi connectivity index (χ2v) is 7.71. The number of benzene rings is 1. The third-order valence-electron chi connectivity index (χ3n) is 6.29. The number of nitrogens with one attached hydrogen (secondary N) is 1. The van der Waals surface area contributed by atoms with Crippen molar-refractivity contribution < 1.29 is 4.79 Å². The summed E-state index contributed by atoms with van der Waals surface area (Å²) in [5.41, 5.74) is 2.37. The van der Waals surface area contributed by atoms with Crippen LogP contribution in [-0.2, 0) is 17.8 Å². The Morgan fingerprint density at radius 3 is 2.70 bits per heavy atom. The normalized spacial score (nSPS) is 29.3. The van der Waals surface area contributed by atoms with Crippen LogP contribution in [0.25, 0.3) is 0 Å². The van der Waals surface area contributed by atoms with Crippen LogP contribution in [0.2, 0.25) is 0 Å². The first kappa shape index (κ1) is 15.2. The molecule has 1 unspecified atom stereocenters. The molecule has 0 aromatic heterocycles. The summed E-state index contributed by atoms with van der Waals surface area (Å²) in [7, 11) is 0. The fraction of sp³-hybridized carbons (Fsp3) is 0.650. The van der Waals surface area contributed by atoms with Crippen LogP contribution in [0.1, 0.15) is 56.1 Å². The van der Waals surface area contributed by atoms with Gasteiger partial charge in [-0.2, -0.15) is 0 Å². The molecule has 1 aromatic carbocycles. The predicted molar refractivity (Wildman–Crippen MR) is 92.1 cm³/mol. The van der Waals surface area contributed by atoms with E-state index in [2.05, 4.69) is 34.5 Å². The van der Waals surface area contributed by atoms with Crippen LogP contribution >= 0.6 is 0 Å². The number of fused-ring (bicyclic) bond motifs is 1. The Hall–Kier alpha value is -1.35. The molecule has 2 aliphatic heterocycles. The fourth-order valence-electron chi connectivity index (χ4n) is 4.98. The molecule has 1 amide bonds. The zero-order valence-electron chi connectivity index (χ0n) is 14.0. The smallest absolute Gasteiger partial charge is 0.241 e. The zero-order chi connectivity index (χ0) is 15.7. The van der Waals surface area contributed by atoms with Crippen molar-refractivity contribution in [1.29, 1.82) is 0 Å². The molecular weight excluding hydrogens is 284 g/mol. The van der Waals surface area contributed by atoms with E-state index >= 15 is 0 Å². The van der Waals surface area contributed by atoms with E-state index in [0.29, 0.717) is 6.54 Å². The minimum Gasteiger partial charge on any atom is -0.350 e. The summed E-state index contributed by atoms with van der Waals surface area (Å²) < 4.78 is 0. The molecule has 1 spiro atoms. The molecule has 1 N–H and O–H groups in total. The standard InChI is InChI=1S/C20H28N2O/c23-19-20(13-17-9-4-5-10-18(17)14-21-19)11-6-12-22(20)15-16-7-2-1-3-8-16/h4-5,9-10,16H,1-3,6-8,11-15H2,(H,21,23). The molecule has 2 heterocycles. The van der Waals surface area contributed by atoms with E-state index in [-0.39, 0.29) is 11.4 Å². The molecule has 3 aliphatic rings. The molecule has 3 nitrogen and oxygen atoms in total. The fourth-order valence-corrected chi connectivity index (χ4v) is 4.98. The first-order valence-corrected chi connectivity index (χ1v) is 9.38. The summed E-state index contributed by atoms with van der Waals surface area (Å²) in [6.45, 7) is 2.90. The van der Waals surface area contributed by atoms with Crippen molar-refractivity contribution in [2.75, 3.05) is 13.1 Å². The maximum Gasteiger partial charge on any atom is 0.241 e. The number of amides is 1. The average Bonchev–Trinajstić information content (AvgIpc) is 2.91. The van der Waals surface area contributed by atoms with Crippen LogP contribution < -0.4 is 5.32 Å². The van der Waals surface area contributed by atoms with Crippen molar-refractivity contribution in [1.82, 2.24) is 10.2 Å². The first-order valence-electron chi connectivity index (χ1n) is 9.38. The van der Waals surface area contributed by atoms with Crippen molar-refractivity contribution in [3.05, 3.63) is 35.4 Å². The quantitative estimate of drug-likeness (QED) is 0.909. The van der Waals surface area contributed by atoms with E-state index in [4.69, 9.17) is 0 Å². The first-order chi connectivity index (χ1) is 11.3. The van der Waals surface area contributed by atoms with Crippen LogP contribution in [0.15, 0.2) is 24.3 Å². The largest absolute Gasteiger partial charge is 0.350 e. The maximum atomic E-state index is 13.0. The van der Waals surface area contributed by atoms with Gasteiger partial charge in [0, 0.05) is 19.5 Å². The summed E-state index contributed by atoms with van der Waals surface area (Å²) in [4.78, 5) is 15.5. The lowest BCUT2D eigenvalue weighted by Gasteiger charge is -2.39. The van der Waals surface area contributed by atoms with Gasteiger partial charge in [0.05, 0.1) is 0 Å². The highest BCUT2D eigenvalue weighted by Crippen LogP contribution is 2.37. The predicted octanol–water partition coefficient (Wildman–Crippen LogP) is 3.27. The lowest BCUT2D eigenvalue weighted by atomic mass is 9.84. The molecule has 1 aliphatic carbocycles. The van der Waals surface area contributed by atoms with Gasteiger partial charge in [0.2, 0.25) is 5.91 Å². The molecule has 124 valence electrons. The Bertz CT molecular complexity index is 579. The Kier molecular flexibility index (Phi) is 4.14. The van der Waals surface area contributed by atoms with E-state index in [9.17, 15) is 4.79 Å². The lowest BCUT2D eigenvalue weighted by Crippen LogP contribution is -2.56. The van der Waals surface area contributed by atoms with E-state index in [0.717, 1.165) is 38.3 Å². The van der Waals surface area contributed by atoms with Gasteiger partial charge in [0.15, 0.2) is 0 Å². The van der Waals surface area contributed by atoms with Gasteiger partial charge in [0.1, 0.15) is 5.54 Å². The van der Waals surface area contributed by atoms with E-state index in [1.807, 2.05) is 0 Å². The molecule has 1 saturated heterocycles. The topological polar surface area (TPSA) is 32.3 Å². The van der Waals surface area contributed by atoms with Crippen molar-refractivity contribution in [2.45, 2.75) is 63.5 Å². The molecule has 23 heavy (non-hydrogen) atoms. The number of nitrogens with zero attached hydrogens (tertiary/aromatic N) is 1. The number of hydrogen-bond donors (Lipinski definition) is 1. The lowest BCUT2D eigenvalue weighted by molar-refractivity contribution is -0.132. The number of carbonyl (C=O) groups is 1. The van der Waals surface area contributed by atoms with E-state index in [1.54, 1.807) is 0 Å². The molecule has 1 saturated carbocycles. The highest BCUT2D eigenvalue weighted by atomic mass is 16.2. The minimum atomic E-state index is -0.288. The summed E-state index contributed by atoms with van der Waals surface area (Å²) in [6.07, 6.45) is 9.91. The molecule has 1 atom stereocenters. The van der Waals surface area contributed by atoms with Crippen LogP contribution in [0.4, 0.5) is 0 Å². The molecule has 4 rings (SSSR count). The highest BCUT2D eigenvalue weighted by molar-refractivity contribution is 5.87. The number of hydrogen-bond acceptors (Lipinski definition) is 2. The van der Waals surface area contributed by atoms with Crippen LogP contribution in [0, 0.1) is 5.92 Å². The molecule has 1 aromatic rings. The Morgan fingerprint density at radius 2 is 1.87 bits per heavy atom. The number of carbonyl (C=O) groups excluding carboxylic acids is 1. The minimum absolute atomic E-state index is 0.266. The van der Waals surface area contributed by atoms with Crippen molar-refractivity contribution in [3.63, 3.8) is 0 Å². The Morgan fingerprint density at radius 1 is 1.09 bits per heavy atom. The summed E-state index contributed by atoms with van der Waals surface area (Å²) in [5.74, 6) is 1.06. The van der Waals surface area contributed by atoms with Crippen LogP contribution in [-0.4, -0.2) is 29.4 Å². The van der Waals surface area contributed by atoms with Gasteiger partial charge >= 0.3 is 0 Å². The van der Waals surface area contributed by atoms with Gasteiger partial charge in [-0.05, 0) is 49.3 Å². The van der Waals surface area contributed by atoms with Gasteiger partial charge in [-0.3, -0.25) is 9.69 Å². The highest BCUT2D eigenvalue weighted by Gasteiger charge is 2.48. The molecular formula is C20H28N2O. The molecule has 0 radical (unpaired) electrons. The second kappa shape index (κ2) is 6.27. The number of rotatable bonds is 2. The Labute approximate surface area is 139 Å². The van der Waals surface area contributed by atoms with E-state index in [1.165, 1.54) is 43.2 Å². The van der Waals surface area contributed by atoms with Crippen LogP contribution in [0.3, 0.4) is 0 Å². The Balaban J connectivity index is 1.60. The van der Waals surface area contributed by atoms with Crippen molar-refractivity contribution in [3.8, 4) is 0 Å². The van der Waals surface area contributed by atoms with Gasteiger partial charge in [-0.15, -0.1) is 0 Å².